The summed E-state index contributed by atoms with van der Waals surface area (Å²) in [5.74, 6) is 2.55. The smallest absolute Gasteiger partial charge is 0.157 e. The third kappa shape index (κ3) is 1.27. The first-order valence-corrected chi connectivity index (χ1v) is 4.98. The molecule has 0 amide bonds. The fourth-order valence-electron chi connectivity index (χ4n) is 2.85. The van der Waals surface area contributed by atoms with Gasteiger partial charge in [-0.15, -0.1) is 0 Å². The molecule has 2 aliphatic rings. The van der Waals surface area contributed by atoms with E-state index in [-0.39, 0.29) is 0 Å². The summed E-state index contributed by atoms with van der Waals surface area (Å²) in [5.41, 5.74) is 0. The van der Waals surface area contributed by atoms with Crippen LogP contribution in [0.3, 0.4) is 0 Å². The maximum Gasteiger partial charge on any atom is 0.157 e. The van der Waals surface area contributed by atoms with Crippen molar-refractivity contribution >= 4 is 0 Å². The first-order valence-electron chi connectivity index (χ1n) is 4.98. The second-order valence-electron chi connectivity index (χ2n) is 4.61. The Hall–Kier alpha value is -0.0800. The van der Waals surface area contributed by atoms with E-state index in [1.807, 2.05) is 0 Å². The van der Waals surface area contributed by atoms with Crippen LogP contribution in [0.4, 0.5) is 0 Å². The number of ether oxygens (including phenoxy) is 1. The van der Waals surface area contributed by atoms with Crippen LogP contribution in [-0.2, 0) is 4.74 Å². The van der Waals surface area contributed by atoms with Crippen LogP contribution in [-0.4, -0.2) is 18.0 Å². The molecule has 5 atom stereocenters. The molecule has 0 unspecified atom stereocenters. The van der Waals surface area contributed by atoms with Crippen molar-refractivity contribution in [1.82, 2.24) is 0 Å². The molecule has 2 nitrogen and oxygen atoms in total. The summed E-state index contributed by atoms with van der Waals surface area (Å²) in [5, 5.41) is 9.59. The topological polar surface area (TPSA) is 29.5 Å². The van der Waals surface area contributed by atoms with Gasteiger partial charge in [0.1, 0.15) is 0 Å². The van der Waals surface area contributed by atoms with E-state index >= 15 is 0 Å². The highest BCUT2D eigenvalue weighted by atomic mass is 16.6. The van der Waals surface area contributed by atoms with Gasteiger partial charge in [-0.1, -0.05) is 13.8 Å². The zero-order chi connectivity index (χ0) is 8.72. The highest BCUT2D eigenvalue weighted by Crippen LogP contribution is 2.45. The minimum atomic E-state index is -0.476. The quantitative estimate of drug-likeness (QED) is 0.598. The SMILES string of the molecule is C[C@@H]1C[C@@H]2[C@H](C1)[C@H](C)CO[C@H]2O. The van der Waals surface area contributed by atoms with Crippen molar-refractivity contribution in [3.8, 4) is 0 Å². The fraction of sp³-hybridized carbons (Fsp3) is 1.00. The molecule has 0 radical (unpaired) electrons. The van der Waals surface area contributed by atoms with Crippen LogP contribution in [0.1, 0.15) is 26.7 Å². The summed E-state index contributed by atoms with van der Waals surface area (Å²) in [7, 11) is 0. The summed E-state index contributed by atoms with van der Waals surface area (Å²) >= 11 is 0. The molecule has 0 aromatic carbocycles. The van der Waals surface area contributed by atoms with E-state index in [1.165, 1.54) is 6.42 Å². The van der Waals surface area contributed by atoms with Crippen molar-refractivity contribution in [3.05, 3.63) is 0 Å². The summed E-state index contributed by atoms with van der Waals surface area (Å²) in [4.78, 5) is 0. The largest absolute Gasteiger partial charge is 0.368 e. The molecule has 1 aliphatic heterocycles. The molecular weight excluding hydrogens is 152 g/mol. The van der Waals surface area contributed by atoms with Gasteiger partial charge in [0.2, 0.25) is 0 Å². The van der Waals surface area contributed by atoms with Crippen molar-refractivity contribution in [2.45, 2.75) is 33.0 Å². The lowest BCUT2D eigenvalue weighted by atomic mass is 9.83. The van der Waals surface area contributed by atoms with E-state index in [0.717, 1.165) is 18.9 Å². The van der Waals surface area contributed by atoms with Gasteiger partial charge >= 0.3 is 0 Å². The lowest BCUT2D eigenvalue weighted by Gasteiger charge is -2.35. The van der Waals surface area contributed by atoms with Crippen molar-refractivity contribution in [1.29, 1.82) is 0 Å². The van der Waals surface area contributed by atoms with E-state index in [0.29, 0.717) is 17.8 Å². The van der Waals surface area contributed by atoms with Crippen LogP contribution in [0.15, 0.2) is 0 Å². The molecule has 12 heavy (non-hydrogen) atoms. The van der Waals surface area contributed by atoms with Crippen LogP contribution in [0.2, 0.25) is 0 Å². The Balaban J connectivity index is 2.09. The van der Waals surface area contributed by atoms with Crippen LogP contribution in [0, 0.1) is 23.7 Å². The predicted octanol–water partition coefficient (Wildman–Crippen LogP) is 1.63. The molecule has 0 spiro atoms. The Morgan fingerprint density at radius 1 is 1.17 bits per heavy atom. The van der Waals surface area contributed by atoms with Gasteiger partial charge < -0.3 is 9.84 Å². The van der Waals surface area contributed by atoms with Crippen LogP contribution < -0.4 is 0 Å². The van der Waals surface area contributed by atoms with Crippen molar-refractivity contribution < 1.29 is 9.84 Å². The molecule has 0 bridgehead atoms. The van der Waals surface area contributed by atoms with Gasteiger partial charge in [0.15, 0.2) is 6.29 Å². The van der Waals surface area contributed by atoms with Crippen LogP contribution >= 0.6 is 0 Å². The van der Waals surface area contributed by atoms with E-state index in [1.54, 1.807) is 0 Å². The van der Waals surface area contributed by atoms with E-state index < -0.39 is 6.29 Å². The number of hydrogen-bond acceptors (Lipinski definition) is 2. The monoisotopic (exact) mass is 170 g/mol. The Morgan fingerprint density at radius 3 is 2.50 bits per heavy atom. The Morgan fingerprint density at radius 2 is 1.83 bits per heavy atom. The average Bonchev–Trinajstić information content (AvgIpc) is 2.41. The van der Waals surface area contributed by atoms with Gasteiger partial charge in [-0.25, -0.2) is 0 Å². The molecule has 2 rings (SSSR count). The Labute approximate surface area is 73.9 Å². The fourth-order valence-corrected chi connectivity index (χ4v) is 2.85. The number of fused-ring (bicyclic) bond motifs is 1. The average molecular weight is 170 g/mol. The van der Waals surface area contributed by atoms with Gasteiger partial charge in [0, 0.05) is 5.92 Å². The molecule has 1 heterocycles. The molecule has 1 saturated heterocycles. The Bertz CT molecular complexity index is 151. The zero-order valence-corrected chi connectivity index (χ0v) is 7.86. The molecule has 70 valence electrons. The summed E-state index contributed by atoms with van der Waals surface area (Å²) in [6, 6.07) is 0. The summed E-state index contributed by atoms with van der Waals surface area (Å²) < 4.78 is 5.31. The number of rotatable bonds is 0. The highest BCUT2D eigenvalue weighted by molar-refractivity contribution is 4.88. The van der Waals surface area contributed by atoms with Gasteiger partial charge in [-0.3, -0.25) is 0 Å². The van der Waals surface area contributed by atoms with Gasteiger partial charge in [-0.2, -0.15) is 0 Å². The van der Waals surface area contributed by atoms with E-state index in [4.69, 9.17) is 4.74 Å². The third-order valence-electron chi connectivity index (χ3n) is 3.53. The molecule has 2 fully saturated rings. The maximum absolute atomic E-state index is 9.59. The van der Waals surface area contributed by atoms with E-state index in [9.17, 15) is 5.11 Å². The maximum atomic E-state index is 9.59. The Kier molecular flexibility index (Phi) is 2.13. The highest BCUT2D eigenvalue weighted by Gasteiger charge is 2.43. The summed E-state index contributed by atoms with van der Waals surface area (Å²) in [6.07, 6.45) is 1.96. The van der Waals surface area contributed by atoms with Crippen molar-refractivity contribution in [2.24, 2.45) is 23.7 Å². The minimum absolute atomic E-state index is 0.420. The van der Waals surface area contributed by atoms with Gasteiger partial charge in [0.25, 0.3) is 0 Å². The number of aliphatic hydroxyl groups excluding tert-OH is 1. The lowest BCUT2D eigenvalue weighted by molar-refractivity contribution is -0.187. The van der Waals surface area contributed by atoms with Crippen molar-refractivity contribution in [2.75, 3.05) is 6.61 Å². The predicted molar refractivity (Wildman–Crippen MR) is 46.5 cm³/mol. The van der Waals surface area contributed by atoms with Crippen molar-refractivity contribution in [3.63, 3.8) is 0 Å². The van der Waals surface area contributed by atoms with E-state index in [2.05, 4.69) is 13.8 Å². The molecule has 0 aromatic rings. The zero-order valence-electron chi connectivity index (χ0n) is 7.86. The number of hydrogen-bond donors (Lipinski definition) is 1. The molecule has 0 aromatic heterocycles. The molecule has 1 saturated carbocycles. The molecular formula is C10H18O2. The van der Waals surface area contributed by atoms with Gasteiger partial charge in [-0.05, 0) is 30.6 Å². The summed E-state index contributed by atoms with van der Waals surface area (Å²) in [6.45, 7) is 5.26. The third-order valence-corrected chi connectivity index (χ3v) is 3.53. The molecule has 1 aliphatic carbocycles. The number of aliphatic hydroxyl groups is 1. The standard InChI is InChI=1S/C10H18O2/c1-6-3-8-7(2)5-12-10(11)9(8)4-6/h6-11H,3-5H2,1-2H3/t6-,7+,8+,9+,10+/m0/s1. The van der Waals surface area contributed by atoms with Gasteiger partial charge in [0.05, 0.1) is 6.61 Å². The lowest BCUT2D eigenvalue weighted by Crippen LogP contribution is -2.38. The first-order chi connectivity index (χ1) is 5.68. The van der Waals surface area contributed by atoms with Crippen LogP contribution in [0.25, 0.3) is 0 Å². The minimum Gasteiger partial charge on any atom is -0.368 e. The second-order valence-corrected chi connectivity index (χ2v) is 4.61. The first kappa shape index (κ1) is 8.52. The molecule has 2 heteroatoms. The van der Waals surface area contributed by atoms with Crippen LogP contribution in [0.5, 0.6) is 0 Å². The molecule has 1 N–H and O–H groups in total. The second kappa shape index (κ2) is 3.00. The normalized spacial score (nSPS) is 53.8.